The molecule has 0 fully saturated rings. The van der Waals surface area contributed by atoms with E-state index in [1.54, 1.807) is 0 Å². The van der Waals surface area contributed by atoms with Crippen LogP contribution in [0.3, 0.4) is 0 Å². The van der Waals surface area contributed by atoms with Crippen molar-refractivity contribution >= 4 is 0 Å². The summed E-state index contributed by atoms with van der Waals surface area (Å²) in [6.07, 6.45) is 0. The second kappa shape index (κ2) is 5.13. The van der Waals surface area contributed by atoms with Crippen molar-refractivity contribution in [1.82, 2.24) is 5.32 Å². The van der Waals surface area contributed by atoms with E-state index in [0.29, 0.717) is 5.92 Å². The van der Waals surface area contributed by atoms with Crippen LogP contribution < -0.4 is 5.32 Å². The summed E-state index contributed by atoms with van der Waals surface area (Å²) in [5.41, 5.74) is 0.186. The summed E-state index contributed by atoms with van der Waals surface area (Å²) in [7, 11) is 0. The highest BCUT2D eigenvalue weighted by molar-refractivity contribution is 4.72. The summed E-state index contributed by atoms with van der Waals surface area (Å²) in [5, 5.41) is 3.48. The van der Waals surface area contributed by atoms with Crippen molar-refractivity contribution in [3.63, 3.8) is 0 Å². The predicted octanol–water partition coefficient (Wildman–Crippen LogP) is 2.83. The van der Waals surface area contributed by atoms with Crippen molar-refractivity contribution < 1.29 is 4.74 Å². The Hall–Kier alpha value is -0.0800. The Bertz CT molecular complexity index is 135. The molecule has 0 saturated carbocycles. The van der Waals surface area contributed by atoms with Crippen LogP contribution in [0.1, 0.15) is 48.5 Å². The third-order valence-corrected chi connectivity index (χ3v) is 1.78. The fraction of sp³-hybridized carbons (Fsp3) is 1.00. The van der Waals surface area contributed by atoms with E-state index in [1.165, 1.54) is 0 Å². The van der Waals surface area contributed by atoms with Crippen LogP contribution in [0.4, 0.5) is 0 Å². The average molecular weight is 201 g/mol. The molecular weight excluding hydrogens is 174 g/mol. The Kier molecular flexibility index (Phi) is 5.10. The minimum Gasteiger partial charge on any atom is -0.376 e. The molecule has 0 spiro atoms. The van der Waals surface area contributed by atoms with Crippen LogP contribution in [0, 0.1) is 5.92 Å². The van der Waals surface area contributed by atoms with Gasteiger partial charge in [-0.3, -0.25) is 0 Å². The first-order chi connectivity index (χ1) is 6.10. The molecule has 1 N–H and O–H groups in total. The maximum absolute atomic E-state index is 5.72. The highest BCUT2D eigenvalue weighted by Gasteiger charge is 2.14. The van der Waals surface area contributed by atoms with Crippen LogP contribution in [0.15, 0.2) is 0 Å². The molecule has 0 saturated heterocycles. The summed E-state index contributed by atoms with van der Waals surface area (Å²) in [5.74, 6) is 0.563. The van der Waals surface area contributed by atoms with Gasteiger partial charge in [-0.15, -0.1) is 0 Å². The third kappa shape index (κ3) is 10.0. The van der Waals surface area contributed by atoms with E-state index in [-0.39, 0.29) is 11.1 Å². The minimum absolute atomic E-state index is 0.0179. The summed E-state index contributed by atoms with van der Waals surface area (Å²) in [4.78, 5) is 0. The Morgan fingerprint density at radius 1 is 1.07 bits per heavy atom. The lowest BCUT2D eigenvalue weighted by molar-refractivity contribution is -0.0198. The number of nitrogens with one attached hydrogen (secondary N) is 1. The summed E-state index contributed by atoms with van der Waals surface area (Å²) >= 11 is 0. The molecule has 0 radical (unpaired) electrons. The molecule has 0 aromatic heterocycles. The lowest BCUT2D eigenvalue weighted by atomic mass is 10.1. The van der Waals surface area contributed by atoms with E-state index in [4.69, 9.17) is 4.74 Å². The van der Waals surface area contributed by atoms with Gasteiger partial charge in [0.1, 0.15) is 0 Å². The summed E-state index contributed by atoms with van der Waals surface area (Å²) < 4.78 is 5.72. The van der Waals surface area contributed by atoms with Gasteiger partial charge in [0, 0.05) is 12.1 Å². The van der Waals surface area contributed by atoms with E-state index in [1.807, 2.05) is 0 Å². The number of hydrogen-bond acceptors (Lipinski definition) is 2. The van der Waals surface area contributed by atoms with E-state index in [2.05, 4.69) is 53.8 Å². The number of rotatable bonds is 4. The molecule has 0 aromatic rings. The second-order valence-electron chi connectivity index (χ2n) is 6.16. The minimum atomic E-state index is -0.0179. The Morgan fingerprint density at radius 3 is 1.93 bits per heavy atom. The van der Waals surface area contributed by atoms with Crippen LogP contribution in [0.25, 0.3) is 0 Å². The molecule has 2 nitrogen and oxygen atoms in total. The van der Waals surface area contributed by atoms with Gasteiger partial charge in [0.2, 0.25) is 0 Å². The monoisotopic (exact) mass is 201 g/mol. The van der Waals surface area contributed by atoms with E-state index in [9.17, 15) is 0 Å². The quantitative estimate of drug-likeness (QED) is 0.755. The molecule has 1 unspecified atom stereocenters. The Labute approximate surface area is 89.4 Å². The smallest absolute Gasteiger partial charge is 0.0598 e. The van der Waals surface area contributed by atoms with Crippen LogP contribution in [-0.2, 0) is 4.74 Å². The zero-order valence-electron chi connectivity index (χ0n) is 10.9. The molecule has 2 heteroatoms. The Balaban J connectivity index is 3.62. The standard InChI is InChI=1S/C12H27NO/c1-10(8-13-11(2,3)4)9-14-12(5,6)7/h10,13H,8-9H2,1-7H3. The molecule has 14 heavy (non-hydrogen) atoms. The normalized spacial score (nSPS) is 15.6. The van der Waals surface area contributed by atoms with Crippen LogP contribution >= 0.6 is 0 Å². The maximum atomic E-state index is 5.72. The molecule has 0 aromatic carbocycles. The van der Waals surface area contributed by atoms with Crippen LogP contribution in [0.2, 0.25) is 0 Å². The SMILES string of the molecule is CC(CNC(C)(C)C)COC(C)(C)C. The molecule has 86 valence electrons. The molecule has 1 atom stereocenters. The molecule has 0 amide bonds. The Morgan fingerprint density at radius 2 is 1.57 bits per heavy atom. The zero-order valence-corrected chi connectivity index (χ0v) is 10.9. The van der Waals surface area contributed by atoms with Crippen molar-refractivity contribution in [2.45, 2.75) is 59.6 Å². The van der Waals surface area contributed by atoms with E-state index >= 15 is 0 Å². The lowest BCUT2D eigenvalue weighted by Gasteiger charge is -2.26. The van der Waals surface area contributed by atoms with Crippen molar-refractivity contribution in [2.24, 2.45) is 5.92 Å². The van der Waals surface area contributed by atoms with Gasteiger partial charge in [-0.2, -0.15) is 0 Å². The molecular formula is C12H27NO. The molecule has 0 aliphatic carbocycles. The zero-order chi connectivity index (χ0) is 11.4. The van der Waals surface area contributed by atoms with Crippen molar-refractivity contribution in [3.05, 3.63) is 0 Å². The highest BCUT2D eigenvalue weighted by atomic mass is 16.5. The third-order valence-electron chi connectivity index (χ3n) is 1.78. The van der Waals surface area contributed by atoms with Gasteiger partial charge in [0.25, 0.3) is 0 Å². The fourth-order valence-corrected chi connectivity index (χ4v) is 0.932. The first-order valence-corrected chi connectivity index (χ1v) is 5.49. The topological polar surface area (TPSA) is 21.3 Å². The summed E-state index contributed by atoms with van der Waals surface area (Å²) in [6.45, 7) is 16.9. The molecule has 0 heterocycles. The molecule has 0 aliphatic rings. The predicted molar refractivity (Wildman–Crippen MR) is 62.6 cm³/mol. The fourth-order valence-electron chi connectivity index (χ4n) is 0.932. The van der Waals surface area contributed by atoms with Crippen molar-refractivity contribution in [1.29, 1.82) is 0 Å². The van der Waals surface area contributed by atoms with Gasteiger partial charge in [-0.05, 0) is 47.5 Å². The summed E-state index contributed by atoms with van der Waals surface area (Å²) in [6, 6.07) is 0. The first-order valence-electron chi connectivity index (χ1n) is 5.49. The molecule has 0 aliphatic heterocycles. The van der Waals surface area contributed by atoms with E-state index < -0.39 is 0 Å². The van der Waals surface area contributed by atoms with Gasteiger partial charge >= 0.3 is 0 Å². The average Bonchev–Trinajstić information content (AvgIpc) is 1.94. The van der Waals surface area contributed by atoms with Crippen molar-refractivity contribution in [3.8, 4) is 0 Å². The maximum Gasteiger partial charge on any atom is 0.0598 e. The van der Waals surface area contributed by atoms with Gasteiger partial charge in [0.05, 0.1) is 12.2 Å². The van der Waals surface area contributed by atoms with Gasteiger partial charge < -0.3 is 10.1 Å². The van der Waals surface area contributed by atoms with Gasteiger partial charge in [0.15, 0.2) is 0 Å². The van der Waals surface area contributed by atoms with Gasteiger partial charge in [-0.1, -0.05) is 6.92 Å². The molecule has 0 rings (SSSR count). The van der Waals surface area contributed by atoms with Crippen molar-refractivity contribution in [2.75, 3.05) is 13.2 Å². The van der Waals surface area contributed by atoms with Gasteiger partial charge in [-0.25, -0.2) is 0 Å². The largest absolute Gasteiger partial charge is 0.376 e. The number of ether oxygens (including phenoxy) is 1. The second-order valence-corrected chi connectivity index (χ2v) is 6.16. The van der Waals surface area contributed by atoms with E-state index in [0.717, 1.165) is 13.2 Å². The highest BCUT2D eigenvalue weighted by Crippen LogP contribution is 2.09. The van der Waals surface area contributed by atoms with Crippen LogP contribution in [0.5, 0.6) is 0 Å². The molecule has 0 bridgehead atoms. The lowest BCUT2D eigenvalue weighted by Crippen LogP contribution is -2.40. The number of hydrogen-bond donors (Lipinski definition) is 1. The first kappa shape index (κ1) is 13.9. The van der Waals surface area contributed by atoms with Crippen LogP contribution in [-0.4, -0.2) is 24.3 Å².